The highest BCUT2D eigenvalue weighted by atomic mass is 127. The number of aromatic nitrogens is 1. The van der Waals surface area contributed by atoms with Crippen molar-refractivity contribution in [1.82, 2.24) is 20.9 Å². The van der Waals surface area contributed by atoms with E-state index in [0.29, 0.717) is 31.0 Å². The number of hydrogen-bond acceptors (Lipinski definition) is 3. The zero-order chi connectivity index (χ0) is 22.2. The molecule has 0 saturated heterocycles. The number of halogens is 2. The number of primary amides is 1. The lowest BCUT2D eigenvalue weighted by atomic mass is 10.1. The van der Waals surface area contributed by atoms with Crippen LogP contribution < -0.4 is 21.7 Å². The molecule has 0 spiro atoms. The number of rotatable bonds is 8. The fraction of sp³-hybridized carbons (Fsp3) is 0.227. The van der Waals surface area contributed by atoms with E-state index in [4.69, 9.17) is 5.73 Å². The highest BCUT2D eigenvalue weighted by molar-refractivity contribution is 14.0. The summed E-state index contributed by atoms with van der Waals surface area (Å²) in [6.07, 6.45) is 2.60. The molecule has 1 heterocycles. The molecule has 0 aliphatic carbocycles. The molecule has 3 aromatic rings. The largest absolute Gasteiger partial charge is 0.368 e. The Hall–Kier alpha value is -3.15. The van der Waals surface area contributed by atoms with Crippen molar-refractivity contribution >= 4 is 52.7 Å². The van der Waals surface area contributed by atoms with Gasteiger partial charge in [0, 0.05) is 42.8 Å². The Kier molecular flexibility index (Phi) is 9.44. The Labute approximate surface area is 202 Å². The maximum atomic E-state index is 13.5. The second-order valence-corrected chi connectivity index (χ2v) is 6.95. The lowest BCUT2D eigenvalue weighted by molar-refractivity contribution is -0.117. The molecule has 0 aliphatic heterocycles. The SMILES string of the molecule is CN=C(NCCc1c[nH]c2ccc(F)cc12)NCc1ccc(C(=O)NCC(N)=O)cc1.I. The van der Waals surface area contributed by atoms with Gasteiger partial charge in [-0.1, -0.05) is 12.1 Å². The summed E-state index contributed by atoms with van der Waals surface area (Å²) in [7, 11) is 1.68. The van der Waals surface area contributed by atoms with E-state index < -0.39 is 5.91 Å². The van der Waals surface area contributed by atoms with Crippen molar-refractivity contribution in [3.63, 3.8) is 0 Å². The third-order valence-electron chi connectivity index (χ3n) is 4.74. The van der Waals surface area contributed by atoms with Gasteiger partial charge in [-0.05, 0) is 47.9 Å². The molecule has 8 nitrogen and oxygen atoms in total. The molecule has 0 saturated carbocycles. The molecule has 0 aliphatic rings. The summed E-state index contributed by atoms with van der Waals surface area (Å²) in [6, 6.07) is 11.7. The van der Waals surface area contributed by atoms with E-state index in [1.54, 1.807) is 25.2 Å². The molecule has 0 fully saturated rings. The summed E-state index contributed by atoms with van der Waals surface area (Å²) in [5.41, 5.74) is 8.37. The van der Waals surface area contributed by atoms with Crippen LogP contribution in [0.2, 0.25) is 0 Å². The number of nitrogens with zero attached hydrogens (tertiary/aromatic N) is 1. The standard InChI is InChI=1S/C22H25FN6O2.HI/c1-25-22(26-9-8-16-12-27-19-7-6-17(23)10-18(16)19)29-11-14-2-4-15(5-3-14)21(31)28-13-20(24)30;/h2-7,10,12,27H,8-9,11,13H2,1H3,(H2,24,30)(H,28,31)(H2,25,26,29);1H. The van der Waals surface area contributed by atoms with Gasteiger partial charge in [-0.3, -0.25) is 14.6 Å². The lowest BCUT2D eigenvalue weighted by Gasteiger charge is -2.12. The van der Waals surface area contributed by atoms with Gasteiger partial charge in [0.05, 0.1) is 6.54 Å². The number of fused-ring (bicyclic) bond motifs is 1. The van der Waals surface area contributed by atoms with Gasteiger partial charge in [-0.2, -0.15) is 0 Å². The van der Waals surface area contributed by atoms with Crippen molar-refractivity contribution in [2.45, 2.75) is 13.0 Å². The summed E-state index contributed by atoms with van der Waals surface area (Å²) in [4.78, 5) is 30.0. The molecule has 2 amide bonds. The first-order chi connectivity index (χ1) is 15.0. The number of nitrogens with one attached hydrogen (secondary N) is 4. The van der Waals surface area contributed by atoms with Gasteiger partial charge in [0.25, 0.3) is 5.91 Å². The van der Waals surface area contributed by atoms with Gasteiger partial charge in [0.1, 0.15) is 5.82 Å². The number of carbonyl (C=O) groups excluding carboxylic acids is 2. The molecule has 1 aromatic heterocycles. The first-order valence-electron chi connectivity index (χ1n) is 9.81. The quantitative estimate of drug-likeness (QED) is 0.167. The average Bonchev–Trinajstić information content (AvgIpc) is 3.16. The highest BCUT2D eigenvalue weighted by Gasteiger charge is 2.07. The number of H-pyrrole nitrogens is 1. The van der Waals surface area contributed by atoms with E-state index in [-0.39, 0.29) is 42.2 Å². The Balaban J connectivity index is 0.00000363. The van der Waals surface area contributed by atoms with Crippen molar-refractivity contribution in [2.24, 2.45) is 10.7 Å². The molecular formula is C22H26FIN6O2. The maximum absolute atomic E-state index is 13.5. The zero-order valence-electron chi connectivity index (χ0n) is 17.6. The van der Waals surface area contributed by atoms with E-state index in [1.807, 2.05) is 18.3 Å². The number of carbonyl (C=O) groups is 2. The number of nitrogens with two attached hydrogens (primary N) is 1. The van der Waals surface area contributed by atoms with Crippen LogP contribution in [-0.4, -0.2) is 42.9 Å². The van der Waals surface area contributed by atoms with Crippen LogP contribution in [0, 0.1) is 5.82 Å². The molecule has 0 unspecified atom stereocenters. The van der Waals surface area contributed by atoms with Gasteiger partial charge in [-0.15, -0.1) is 24.0 Å². The minimum Gasteiger partial charge on any atom is -0.368 e. The maximum Gasteiger partial charge on any atom is 0.251 e. The smallest absolute Gasteiger partial charge is 0.251 e. The average molecular weight is 552 g/mol. The molecule has 32 heavy (non-hydrogen) atoms. The van der Waals surface area contributed by atoms with Crippen LogP contribution in [-0.2, 0) is 17.8 Å². The third kappa shape index (κ3) is 6.94. The monoisotopic (exact) mass is 552 g/mol. The number of guanidine groups is 1. The minimum absolute atomic E-state index is 0. The van der Waals surface area contributed by atoms with Crippen molar-refractivity contribution in [2.75, 3.05) is 20.1 Å². The van der Waals surface area contributed by atoms with Crippen molar-refractivity contribution < 1.29 is 14.0 Å². The van der Waals surface area contributed by atoms with E-state index in [9.17, 15) is 14.0 Å². The molecule has 10 heteroatoms. The van der Waals surface area contributed by atoms with Crippen LogP contribution in [0.3, 0.4) is 0 Å². The molecule has 3 rings (SSSR count). The second kappa shape index (κ2) is 12.0. The molecular weight excluding hydrogens is 526 g/mol. The number of hydrogen-bond donors (Lipinski definition) is 5. The highest BCUT2D eigenvalue weighted by Crippen LogP contribution is 2.19. The normalized spacial score (nSPS) is 11.0. The summed E-state index contributed by atoms with van der Waals surface area (Å²) in [5, 5.41) is 9.77. The summed E-state index contributed by atoms with van der Waals surface area (Å²) in [6.45, 7) is 0.945. The zero-order valence-corrected chi connectivity index (χ0v) is 19.9. The minimum atomic E-state index is -0.593. The van der Waals surface area contributed by atoms with E-state index in [1.165, 1.54) is 12.1 Å². The molecule has 0 bridgehead atoms. The van der Waals surface area contributed by atoms with Crippen molar-refractivity contribution in [1.29, 1.82) is 0 Å². The van der Waals surface area contributed by atoms with Crippen LogP contribution in [0.4, 0.5) is 4.39 Å². The third-order valence-corrected chi connectivity index (χ3v) is 4.74. The molecule has 0 atom stereocenters. The Morgan fingerprint density at radius 3 is 2.53 bits per heavy atom. The number of aromatic amines is 1. The van der Waals surface area contributed by atoms with E-state index in [0.717, 1.165) is 22.0 Å². The summed E-state index contributed by atoms with van der Waals surface area (Å²) < 4.78 is 13.5. The molecule has 2 aromatic carbocycles. The van der Waals surface area contributed by atoms with Gasteiger partial charge >= 0.3 is 0 Å². The van der Waals surface area contributed by atoms with Crippen LogP contribution in [0.25, 0.3) is 10.9 Å². The molecule has 170 valence electrons. The van der Waals surface area contributed by atoms with Gasteiger partial charge in [0.2, 0.25) is 5.91 Å². The predicted octanol–water partition coefficient (Wildman–Crippen LogP) is 2.05. The van der Waals surface area contributed by atoms with Crippen molar-refractivity contribution in [3.8, 4) is 0 Å². The van der Waals surface area contributed by atoms with Gasteiger partial charge in [-0.25, -0.2) is 4.39 Å². The topological polar surface area (TPSA) is 124 Å². The lowest BCUT2D eigenvalue weighted by Crippen LogP contribution is -2.37. The Bertz CT molecular complexity index is 1100. The van der Waals surface area contributed by atoms with Crippen LogP contribution in [0.5, 0.6) is 0 Å². The first kappa shape index (κ1) is 25.1. The van der Waals surface area contributed by atoms with Gasteiger partial charge in [0.15, 0.2) is 5.96 Å². The van der Waals surface area contributed by atoms with Crippen LogP contribution in [0.1, 0.15) is 21.5 Å². The number of amides is 2. The molecule has 6 N–H and O–H groups in total. The summed E-state index contributed by atoms with van der Waals surface area (Å²) in [5.74, 6) is -0.567. The van der Waals surface area contributed by atoms with Crippen molar-refractivity contribution in [3.05, 3.63) is 71.2 Å². The second-order valence-electron chi connectivity index (χ2n) is 6.95. The van der Waals surface area contributed by atoms with E-state index >= 15 is 0 Å². The van der Waals surface area contributed by atoms with Crippen LogP contribution >= 0.6 is 24.0 Å². The Morgan fingerprint density at radius 1 is 1.09 bits per heavy atom. The molecule has 0 radical (unpaired) electrons. The van der Waals surface area contributed by atoms with Gasteiger partial charge < -0.3 is 26.7 Å². The van der Waals surface area contributed by atoms with Crippen LogP contribution in [0.15, 0.2) is 53.7 Å². The fourth-order valence-corrected chi connectivity index (χ4v) is 3.12. The number of benzene rings is 2. The van der Waals surface area contributed by atoms with E-state index in [2.05, 4.69) is 25.9 Å². The number of aliphatic imine (C=N–C) groups is 1. The Morgan fingerprint density at radius 2 is 1.84 bits per heavy atom. The fourth-order valence-electron chi connectivity index (χ4n) is 3.12. The first-order valence-corrected chi connectivity index (χ1v) is 9.81. The summed E-state index contributed by atoms with van der Waals surface area (Å²) >= 11 is 0. The predicted molar refractivity (Wildman–Crippen MR) is 134 cm³/mol.